The fraction of sp³-hybridized carbons (Fsp3) is 0.167. The van der Waals surface area contributed by atoms with Crippen LogP contribution in [0.1, 0.15) is 21.5 Å². The maximum Gasteiger partial charge on any atom is 0.339 e. The molecule has 2 fully saturated rings. The molecule has 0 aromatic heterocycles. The minimum absolute atomic E-state index is 0.117. The van der Waals surface area contributed by atoms with Crippen molar-refractivity contribution in [2.75, 3.05) is 12.0 Å². The van der Waals surface area contributed by atoms with Gasteiger partial charge < -0.3 is 4.74 Å². The van der Waals surface area contributed by atoms with Crippen LogP contribution in [0, 0.1) is 23.7 Å². The van der Waals surface area contributed by atoms with Crippen LogP contribution in [-0.4, -0.2) is 24.9 Å². The number of fused-ring (bicyclic) bond motifs is 5. The first kappa shape index (κ1) is 22.5. The highest BCUT2D eigenvalue weighted by Gasteiger charge is 2.62. The third kappa shape index (κ3) is 3.27. The van der Waals surface area contributed by atoms with E-state index in [4.69, 9.17) is 16.3 Å². The second-order valence-electron chi connectivity index (χ2n) is 9.22. The van der Waals surface area contributed by atoms with E-state index in [1.54, 1.807) is 6.07 Å². The van der Waals surface area contributed by atoms with E-state index in [0.29, 0.717) is 5.69 Å². The molecule has 178 valence electrons. The smallest absolute Gasteiger partial charge is 0.339 e. The molecule has 6 rings (SSSR count). The number of allylic oxidation sites excluding steroid dienone is 3. The molecule has 2 aliphatic carbocycles. The number of esters is 1. The summed E-state index contributed by atoms with van der Waals surface area (Å²) >= 11 is 6.17. The van der Waals surface area contributed by atoms with E-state index in [1.165, 1.54) is 24.1 Å². The first-order valence-corrected chi connectivity index (χ1v) is 12.2. The normalized spacial score (nSPS) is 23.8. The fourth-order valence-electron chi connectivity index (χ4n) is 5.98. The Morgan fingerprint density at radius 3 is 1.83 bits per heavy atom. The molecule has 0 unspecified atom stereocenters. The fourth-order valence-corrected chi connectivity index (χ4v) is 6.17. The summed E-state index contributed by atoms with van der Waals surface area (Å²) in [5.41, 5.74) is 4.78. The Morgan fingerprint density at radius 1 is 0.806 bits per heavy atom. The highest BCUT2D eigenvalue weighted by molar-refractivity contribution is 6.34. The van der Waals surface area contributed by atoms with E-state index in [0.717, 1.165) is 22.3 Å². The molecule has 0 radical (unpaired) electrons. The lowest BCUT2D eigenvalue weighted by Gasteiger charge is -2.22. The number of amides is 2. The van der Waals surface area contributed by atoms with Crippen molar-refractivity contribution in [3.63, 3.8) is 0 Å². The summed E-state index contributed by atoms with van der Waals surface area (Å²) in [6, 6.07) is 24.8. The molecule has 1 saturated heterocycles. The number of benzene rings is 3. The minimum Gasteiger partial charge on any atom is -0.465 e. The quantitative estimate of drug-likeness (QED) is 0.270. The van der Waals surface area contributed by atoms with Gasteiger partial charge in [-0.25, -0.2) is 9.69 Å². The lowest BCUT2D eigenvalue weighted by molar-refractivity contribution is -0.122. The molecule has 1 aliphatic heterocycles. The third-order valence-corrected chi connectivity index (χ3v) is 7.77. The maximum absolute atomic E-state index is 13.8. The van der Waals surface area contributed by atoms with Gasteiger partial charge in [-0.15, -0.1) is 0 Å². The number of carbonyl (C=O) groups excluding carboxylic acids is 3. The highest BCUT2D eigenvalue weighted by Crippen LogP contribution is 2.58. The Labute approximate surface area is 213 Å². The van der Waals surface area contributed by atoms with E-state index >= 15 is 0 Å². The molecule has 5 nitrogen and oxygen atoms in total. The topological polar surface area (TPSA) is 63.7 Å². The van der Waals surface area contributed by atoms with E-state index < -0.39 is 17.8 Å². The van der Waals surface area contributed by atoms with Crippen molar-refractivity contribution in [3.8, 4) is 0 Å². The summed E-state index contributed by atoms with van der Waals surface area (Å²) in [4.78, 5) is 40.9. The zero-order chi connectivity index (χ0) is 25.0. The van der Waals surface area contributed by atoms with Crippen molar-refractivity contribution in [1.82, 2.24) is 0 Å². The number of hydrogen-bond donors (Lipinski definition) is 0. The summed E-state index contributed by atoms with van der Waals surface area (Å²) < 4.78 is 4.80. The number of anilines is 1. The number of hydrogen-bond acceptors (Lipinski definition) is 4. The number of carbonyl (C=O) groups is 3. The van der Waals surface area contributed by atoms with Crippen LogP contribution in [0.15, 0.2) is 96.6 Å². The molecule has 0 N–H and O–H groups in total. The van der Waals surface area contributed by atoms with E-state index in [2.05, 4.69) is 36.4 Å². The Bertz CT molecular complexity index is 1390. The van der Waals surface area contributed by atoms with Crippen molar-refractivity contribution in [1.29, 1.82) is 0 Å². The van der Waals surface area contributed by atoms with Gasteiger partial charge in [-0.05, 0) is 40.5 Å². The maximum atomic E-state index is 13.8. The van der Waals surface area contributed by atoms with Gasteiger partial charge in [-0.3, -0.25) is 9.59 Å². The van der Waals surface area contributed by atoms with Crippen molar-refractivity contribution >= 4 is 40.6 Å². The molecule has 1 heterocycles. The minimum atomic E-state index is -0.622. The molecule has 4 atom stereocenters. The molecule has 1 saturated carbocycles. The largest absolute Gasteiger partial charge is 0.465 e. The molecule has 0 spiro atoms. The average Bonchev–Trinajstić information content (AvgIpc) is 3.54. The van der Waals surface area contributed by atoms with Gasteiger partial charge >= 0.3 is 5.97 Å². The SMILES string of the molecule is COC(=O)c1cc(N2C(=O)[C@@H]3[C@@H](C2=O)[C@H]2C=C[C@H]3C2=C(c2ccccc2)c2ccccc2)ccc1Cl. The Morgan fingerprint density at radius 2 is 1.33 bits per heavy atom. The van der Waals surface area contributed by atoms with Crippen LogP contribution >= 0.6 is 11.6 Å². The van der Waals surface area contributed by atoms with Crippen molar-refractivity contribution in [2.45, 2.75) is 0 Å². The zero-order valence-corrected chi connectivity index (χ0v) is 20.2. The van der Waals surface area contributed by atoms with Gasteiger partial charge in [0.15, 0.2) is 0 Å². The molecule has 36 heavy (non-hydrogen) atoms. The van der Waals surface area contributed by atoms with Crippen molar-refractivity contribution < 1.29 is 19.1 Å². The molecule has 3 aliphatic rings. The molecule has 3 aromatic carbocycles. The van der Waals surface area contributed by atoms with Crippen LogP contribution in [-0.2, 0) is 14.3 Å². The van der Waals surface area contributed by atoms with Crippen molar-refractivity contribution in [2.24, 2.45) is 23.7 Å². The summed E-state index contributed by atoms with van der Waals surface area (Å²) in [7, 11) is 1.26. The molecule has 2 amide bonds. The molecule has 3 aromatic rings. The lowest BCUT2D eigenvalue weighted by Crippen LogP contribution is -2.33. The summed E-state index contributed by atoms with van der Waals surface area (Å²) in [6.45, 7) is 0. The van der Waals surface area contributed by atoms with E-state index in [-0.39, 0.29) is 34.2 Å². The number of ether oxygens (including phenoxy) is 1. The number of rotatable bonds is 4. The number of nitrogens with zero attached hydrogens (tertiary/aromatic N) is 1. The number of imide groups is 1. The first-order valence-electron chi connectivity index (χ1n) is 11.8. The van der Waals surface area contributed by atoms with Gasteiger partial charge in [-0.2, -0.15) is 0 Å². The van der Waals surface area contributed by atoms with E-state index in [9.17, 15) is 14.4 Å². The standard InChI is InChI=1S/C30H22ClNO4/c1-36-30(35)22-16-19(12-15-23(22)31)32-28(33)26-20-13-14-21(27(26)29(32)34)25(20)24(17-8-4-2-5-9-17)18-10-6-3-7-11-18/h2-16,20-21,26-27H,1H3/t20-,21-,26-,27-/m0/s1. The average molecular weight is 496 g/mol. The van der Waals surface area contributed by atoms with Crippen LogP contribution in [0.4, 0.5) is 5.69 Å². The van der Waals surface area contributed by atoms with Gasteiger partial charge in [-0.1, -0.05) is 84.4 Å². The Hall–Kier alpha value is -3.96. The van der Waals surface area contributed by atoms with Crippen LogP contribution in [0.3, 0.4) is 0 Å². The Balaban J connectivity index is 1.45. The van der Waals surface area contributed by atoms with Gasteiger partial charge in [0.05, 0.1) is 35.2 Å². The molecular weight excluding hydrogens is 474 g/mol. The monoisotopic (exact) mass is 495 g/mol. The third-order valence-electron chi connectivity index (χ3n) is 7.44. The van der Waals surface area contributed by atoms with Crippen LogP contribution in [0.25, 0.3) is 5.57 Å². The lowest BCUT2D eigenvalue weighted by atomic mass is 9.85. The molecular formula is C30H22ClNO4. The highest BCUT2D eigenvalue weighted by atomic mass is 35.5. The van der Waals surface area contributed by atoms with Gasteiger partial charge in [0.25, 0.3) is 0 Å². The number of halogens is 1. The van der Waals surface area contributed by atoms with Crippen LogP contribution in [0.2, 0.25) is 5.02 Å². The second kappa shape index (κ2) is 8.61. The second-order valence-corrected chi connectivity index (χ2v) is 9.63. The van der Waals surface area contributed by atoms with Gasteiger partial charge in [0.2, 0.25) is 11.8 Å². The summed E-state index contributed by atoms with van der Waals surface area (Å²) in [5, 5.41) is 0.201. The number of methoxy groups -OCH3 is 1. The summed E-state index contributed by atoms with van der Waals surface area (Å²) in [6.07, 6.45) is 4.15. The van der Waals surface area contributed by atoms with Crippen LogP contribution < -0.4 is 4.90 Å². The zero-order valence-electron chi connectivity index (χ0n) is 19.4. The van der Waals surface area contributed by atoms with Crippen LogP contribution in [0.5, 0.6) is 0 Å². The first-order chi connectivity index (χ1) is 17.5. The van der Waals surface area contributed by atoms with Crippen molar-refractivity contribution in [3.05, 3.63) is 118 Å². The predicted octanol–water partition coefficient (Wildman–Crippen LogP) is 5.55. The molecule has 6 heteroatoms. The molecule has 2 bridgehead atoms. The predicted molar refractivity (Wildman–Crippen MR) is 137 cm³/mol. The van der Waals surface area contributed by atoms with E-state index in [1.807, 2.05) is 36.4 Å². The Kier molecular flexibility index (Phi) is 5.38. The van der Waals surface area contributed by atoms with Gasteiger partial charge in [0.1, 0.15) is 0 Å². The van der Waals surface area contributed by atoms with Gasteiger partial charge in [0, 0.05) is 11.8 Å². The summed E-state index contributed by atoms with van der Waals surface area (Å²) in [5.74, 6) is -2.45.